The Morgan fingerprint density at radius 2 is 2.04 bits per heavy atom. The van der Waals surface area contributed by atoms with Gasteiger partial charge < -0.3 is 25.0 Å². The Balaban J connectivity index is 1.55. The Morgan fingerprint density at radius 1 is 1.26 bits per heavy atom. The summed E-state index contributed by atoms with van der Waals surface area (Å²) in [4.78, 5) is 28.9. The SMILES string of the molecule is COc1ccc(N2CC(C(=O)NCCN3CCNCC3)CC2=O)c(OC)c1. The highest BCUT2D eigenvalue weighted by atomic mass is 16.5. The number of methoxy groups -OCH3 is 2. The molecule has 1 aromatic carbocycles. The first-order valence-electron chi connectivity index (χ1n) is 9.35. The molecule has 0 aliphatic carbocycles. The summed E-state index contributed by atoms with van der Waals surface area (Å²) in [5.74, 6) is 0.744. The number of ether oxygens (including phenoxy) is 2. The molecule has 0 aromatic heterocycles. The fraction of sp³-hybridized carbons (Fsp3) is 0.579. The van der Waals surface area contributed by atoms with Crippen LogP contribution in [0.4, 0.5) is 5.69 Å². The van der Waals surface area contributed by atoms with Crippen molar-refractivity contribution >= 4 is 17.5 Å². The van der Waals surface area contributed by atoms with Crippen LogP contribution in [0.15, 0.2) is 18.2 Å². The number of piperazine rings is 1. The van der Waals surface area contributed by atoms with Crippen molar-refractivity contribution in [2.75, 3.05) is 64.9 Å². The number of hydrogen-bond acceptors (Lipinski definition) is 6. The summed E-state index contributed by atoms with van der Waals surface area (Å²) in [6, 6.07) is 5.32. The van der Waals surface area contributed by atoms with Crippen molar-refractivity contribution in [1.29, 1.82) is 0 Å². The molecule has 2 heterocycles. The highest BCUT2D eigenvalue weighted by Gasteiger charge is 2.36. The van der Waals surface area contributed by atoms with Gasteiger partial charge in [-0.2, -0.15) is 0 Å². The summed E-state index contributed by atoms with van der Waals surface area (Å²) in [6.45, 7) is 5.79. The Kier molecular flexibility index (Phi) is 6.52. The lowest BCUT2D eigenvalue weighted by Gasteiger charge is -2.27. The molecule has 2 saturated heterocycles. The fourth-order valence-electron chi connectivity index (χ4n) is 3.54. The van der Waals surface area contributed by atoms with Crippen LogP contribution >= 0.6 is 0 Å². The molecule has 0 saturated carbocycles. The minimum atomic E-state index is -0.340. The van der Waals surface area contributed by atoms with Crippen LogP contribution < -0.4 is 25.0 Å². The third-order valence-electron chi connectivity index (χ3n) is 5.11. The first-order chi connectivity index (χ1) is 13.1. The van der Waals surface area contributed by atoms with Crippen LogP contribution in [0.25, 0.3) is 0 Å². The number of carbonyl (C=O) groups excluding carboxylic acids is 2. The van der Waals surface area contributed by atoms with E-state index in [-0.39, 0.29) is 24.2 Å². The Labute approximate surface area is 159 Å². The normalized spacial score (nSPS) is 20.6. The quantitative estimate of drug-likeness (QED) is 0.701. The van der Waals surface area contributed by atoms with Gasteiger partial charge in [0.2, 0.25) is 11.8 Å². The molecule has 148 valence electrons. The van der Waals surface area contributed by atoms with E-state index in [9.17, 15) is 9.59 Å². The summed E-state index contributed by atoms with van der Waals surface area (Å²) in [7, 11) is 3.13. The van der Waals surface area contributed by atoms with Crippen LogP contribution in [0.3, 0.4) is 0 Å². The van der Waals surface area contributed by atoms with Gasteiger partial charge in [-0.25, -0.2) is 0 Å². The van der Waals surface area contributed by atoms with Crippen LogP contribution in [-0.4, -0.2) is 76.7 Å². The van der Waals surface area contributed by atoms with E-state index in [0.29, 0.717) is 30.3 Å². The number of carbonyl (C=O) groups is 2. The summed E-state index contributed by atoms with van der Waals surface area (Å²) >= 11 is 0. The van der Waals surface area contributed by atoms with Crippen molar-refractivity contribution in [2.24, 2.45) is 5.92 Å². The molecule has 2 N–H and O–H groups in total. The van der Waals surface area contributed by atoms with Crippen molar-refractivity contribution in [2.45, 2.75) is 6.42 Å². The van der Waals surface area contributed by atoms with Gasteiger partial charge in [0, 0.05) is 58.3 Å². The smallest absolute Gasteiger partial charge is 0.227 e. The molecule has 1 atom stereocenters. The number of nitrogens with zero attached hydrogens (tertiary/aromatic N) is 2. The van der Waals surface area contributed by atoms with Gasteiger partial charge in [0.15, 0.2) is 0 Å². The second-order valence-electron chi connectivity index (χ2n) is 6.83. The third kappa shape index (κ3) is 4.70. The predicted octanol–water partition coefficient (Wildman–Crippen LogP) is 0.0781. The van der Waals surface area contributed by atoms with Crippen LogP contribution in [0.2, 0.25) is 0 Å². The minimum absolute atomic E-state index is 0.0616. The second kappa shape index (κ2) is 9.05. The monoisotopic (exact) mass is 376 g/mol. The number of nitrogens with one attached hydrogen (secondary N) is 2. The lowest BCUT2D eigenvalue weighted by Crippen LogP contribution is -2.46. The highest BCUT2D eigenvalue weighted by molar-refractivity contribution is 6.01. The van der Waals surface area contributed by atoms with Gasteiger partial charge in [0.05, 0.1) is 25.8 Å². The molecule has 2 amide bonds. The summed E-state index contributed by atoms with van der Waals surface area (Å²) < 4.78 is 10.6. The third-order valence-corrected chi connectivity index (χ3v) is 5.11. The van der Waals surface area contributed by atoms with Crippen molar-refractivity contribution < 1.29 is 19.1 Å². The largest absolute Gasteiger partial charge is 0.497 e. The first-order valence-corrected chi connectivity index (χ1v) is 9.35. The van der Waals surface area contributed by atoms with Gasteiger partial charge in [-0.05, 0) is 12.1 Å². The van der Waals surface area contributed by atoms with Crippen LogP contribution in [0.5, 0.6) is 11.5 Å². The van der Waals surface area contributed by atoms with E-state index in [2.05, 4.69) is 15.5 Å². The average molecular weight is 376 g/mol. The summed E-state index contributed by atoms with van der Waals surface area (Å²) in [5, 5.41) is 6.29. The Bertz CT molecular complexity index is 676. The molecular formula is C19H28N4O4. The standard InChI is InChI=1S/C19H28N4O4/c1-26-15-3-4-16(17(12-15)27-2)23-13-14(11-18(23)24)19(25)21-7-10-22-8-5-20-6-9-22/h3-4,12,14,20H,5-11,13H2,1-2H3,(H,21,25). The lowest BCUT2D eigenvalue weighted by atomic mass is 10.1. The number of hydrogen-bond donors (Lipinski definition) is 2. The molecular weight excluding hydrogens is 348 g/mol. The van der Waals surface area contributed by atoms with E-state index in [4.69, 9.17) is 9.47 Å². The van der Waals surface area contributed by atoms with E-state index >= 15 is 0 Å². The number of anilines is 1. The Hall–Kier alpha value is -2.32. The number of rotatable bonds is 7. The van der Waals surface area contributed by atoms with Gasteiger partial charge in [-0.1, -0.05) is 0 Å². The van der Waals surface area contributed by atoms with Gasteiger partial charge >= 0.3 is 0 Å². The molecule has 3 rings (SSSR count). The molecule has 2 fully saturated rings. The van der Waals surface area contributed by atoms with Crippen LogP contribution in [0, 0.1) is 5.92 Å². The molecule has 1 aromatic rings. The average Bonchev–Trinajstić information content (AvgIpc) is 3.09. The molecule has 8 nitrogen and oxygen atoms in total. The molecule has 27 heavy (non-hydrogen) atoms. The zero-order valence-electron chi connectivity index (χ0n) is 16.0. The highest BCUT2D eigenvalue weighted by Crippen LogP contribution is 2.35. The molecule has 2 aliphatic rings. The molecule has 8 heteroatoms. The summed E-state index contributed by atoms with van der Waals surface area (Å²) in [5.41, 5.74) is 0.666. The Morgan fingerprint density at radius 3 is 2.74 bits per heavy atom. The van der Waals surface area contributed by atoms with Crippen molar-refractivity contribution in [3.05, 3.63) is 18.2 Å². The number of benzene rings is 1. The maximum atomic E-state index is 12.5. The van der Waals surface area contributed by atoms with E-state index in [1.165, 1.54) is 0 Å². The molecule has 1 unspecified atom stereocenters. The van der Waals surface area contributed by atoms with Crippen LogP contribution in [0.1, 0.15) is 6.42 Å². The molecule has 0 radical (unpaired) electrons. The second-order valence-corrected chi connectivity index (χ2v) is 6.83. The zero-order valence-corrected chi connectivity index (χ0v) is 16.0. The topological polar surface area (TPSA) is 83.1 Å². The molecule has 2 aliphatic heterocycles. The van der Waals surface area contributed by atoms with E-state index < -0.39 is 0 Å². The lowest BCUT2D eigenvalue weighted by molar-refractivity contribution is -0.126. The van der Waals surface area contributed by atoms with Gasteiger partial charge in [-0.15, -0.1) is 0 Å². The van der Waals surface area contributed by atoms with E-state index in [1.807, 2.05) is 0 Å². The maximum Gasteiger partial charge on any atom is 0.227 e. The minimum Gasteiger partial charge on any atom is -0.497 e. The zero-order chi connectivity index (χ0) is 19.2. The van der Waals surface area contributed by atoms with Gasteiger partial charge in [0.1, 0.15) is 11.5 Å². The van der Waals surface area contributed by atoms with Gasteiger partial charge in [0.25, 0.3) is 0 Å². The van der Waals surface area contributed by atoms with E-state index in [1.54, 1.807) is 37.3 Å². The van der Waals surface area contributed by atoms with Crippen molar-refractivity contribution in [3.63, 3.8) is 0 Å². The molecule has 0 bridgehead atoms. The maximum absolute atomic E-state index is 12.5. The van der Waals surface area contributed by atoms with E-state index in [0.717, 1.165) is 32.7 Å². The summed E-state index contributed by atoms with van der Waals surface area (Å²) in [6.07, 6.45) is 0.217. The fourth-order valence-corrected chi connectivity index (χ4v) is 3.54. The molecule has 0 spiro atoms. The number of amides is 2. The van der Waals surface area contributed by atoms with Crippen LogP contribution in [-0.2, 0) is 9.59 Å². The first kappa shape index (κ1) is 19.4. The van der Waals surface area contributed by atoms with Crippen molar-refractivity contribution in [1.82, 2.24) is 15.5 Å². The van der Waals surface area contributed by atoms with Gasteiger partial charge in [-0.3, -0.25) is 14.5 Å². The van der Waals surface area contributed by atoms with Crippen molar-refractivity contribution in [3.8, 4) is 11.5 Å². The predicted molar refractivity (Wildman–Crippen MR) is 102 cm³/mol.